The zero-order valence-electron chi connectivity index (χ0n) is 13.8. The third-order valence-electron chi connectivity index (χ3n) is 3.82. The first kappa shape index (κ1) is 17.5. The number of anilines is 1. The van der Waals surface area contributed by atoms with Gasteiger partial charge in [-0.25, -0.2) is 0 Å². The highest BCUT2D eigenvalue weighted by atomic mass is 35.5. The number of benzene rings is 3. The quantitative estimate of drug-likeness (QED) is 0.490. The minimum Gasteiger partial charge on any atom is -0.320 e. The monoisotopic (exact) mass is 358 g/mol. The third kappa shape index (κ3) is 4.18. The van der Waals surface area contributed by atoms with Gasteiger partial charge in [-0.1, -0.05) is 78.3 Å². The van der Waals surface area contributed by atoms with Gasteiger partial charge in [-0.05, 0) is 34.9 Å². The van der Waals surface area contributed by atoms with Crippen molar-refractivity contribution in [3.8, 4) is 17.2 Å². The predicted octanol–water partition coefficient (Wildman–Crippen LogP) is 5.55. The second-order valence-electron chi connectivity index (χ2n) is 5.59. The molecule has 0 radical (unpaired) electrons. The molecule has 0 aliphatic carbocycles. The highest BCUT2D eigenvalue weighted by Crippen LogP contribution is 2.22. The molecule has 0 aromatic heterocycles. The van der Waals surface area contributed by atoms with Crippen LogP contribution in [0.15, 0.2) is 84.4 Å². The number of para-hydroxylation sites is 1. The van der Waals surface area contributed by atoms with Crippen molar-refractivity contribution in [2.45, 2.75) is 0 Å². The van der Waals surface area contributed by atoms with Crippen molar-refractivity contribution in [1.29, 1.82) is 5.26 Å². The second-order valence-corrected chi connectivity index (χ2v) is 6.00. The van der Waals surface area contributed by atoms with Crippen molar-refractivity contribution in [2.75, 3.05) is 5.32 Å². The first-order valence-electron chi connectivity index (χ1n) is 8.00. The van der Waals surface area contributed by atoms with Gasteiger partial charge in [0, 0.05) is 0 Å². The van der Waals surface area contributed by atoms with E-state index in [9.17, 15) is 10.1 Å². The number of nitriles is 1. The van der Waals surface area contributed by atoms with E-state index in [0.717, 1.165) is 16.7 Å². The molecule has 0 aliphatic rings. The number of nitrogens with one attached hydrogen (secondary N) is 1. The van der Waals surface area contributed by atoms with Crippen LogP contribution in [-0.2, 0) is 4.79 Å². The fourth-order valence-electron chi connectivity index (χ4n) is 2.47. The van der Waals surface area contributed by atoms with Crippen LogP contribution in [0.3, 0.4) is 0 Å². The van der Waals surface area contributed by atoms with Crippen molar-refractivity contribution >= 4 is 29.3 Å². The van der Waals surface area contributed by atoms with Crippen LogP contribution >= 0.6 is 11.6 Å². The molecule has 0 saturated carbocycles. The molecule has 26 heavy (non-hydrogen) atoms. The Morgan fingerprint density at radius 1 is 0.885 bits per heavy atom. The Hall–Kier alpha value is -3.35. The Morgan fingerprint density at radius 3 is 2.15 bits per heavy atom. The fraction of sp³-hybridized carbons (Fsp3) is 0. The molecule has 3 aromatic carbocycles. The van der Waals surface area contributed by atoms with Gasteiger partial charge in [0.25, 0.3) is 5.91 Å². The molecule has 0 unspecified atom stereocenters. The van der Waals surface area contributed by atoms with E-state index in [1.54, 1.807) is 30.3 Å². The molecular formula is C22H15ClN2O. The molecule has 0 heterocycles. The molecule has 0 atom stereocenters. The van der Waals surface area contributed by atoms with Crippen molar-refractivity contribution in [2.24, 2.45) is 0 Å². The largest absolute Gasteiger partial charge is 0.320 e. The van der Waals surface area contributed by atoms with E-state index in [4.69, 9.17) is 11.6 Å². The van der Waals surface area contributed by atoms with Crippen molar-refractivity contribution in [1.82, 2.24) is 0 Å². The summed E-state index contributed by atoms with van der Waals surface area (Å²) < 4.78 is 0. The molecule has 3 nitrogen and oxygen atoms in total. The zero-order chi connectivity index (χ0) is 18.4. The summed E-state index contributed by atoms with van der Waals surface area (Å²) in [7, 11) is 0. The van der Waals surface area contributed by atoms with Crippen LogP contribution in [0.4, 0.5) is 5.69 Å². The van der Waals surface area contributed by atoms with E-state index in [0.29, 0.717) is 10.7 Å². The summed E-state index contributed by atoms with van der Waals surface area (Å²) in [5.41, 5.74) is 3.44. The lowest BCUT2D eigenvalue weighted by Crippen LogP contribution is -2.13. The molecule has 3 rings (SSSR count). The molecule has 1 amide bonds. The van der Waals surface area contributed by atoms with Crippen molar-refractivity contribution in [3.63, 3.8) is 0 Å². The number of halogens is 1. The molecule has 0 bridgehead atoms. The molecule has 3 aromatic rings. The molecule has 0 aliphatic heterocycles. The first-order valence-corrected chi connectivity index (χ1v) is 8.38. The van der Waals surface area contributed by atoms with Gasteiger partial charge in [0.15, 0.2) is 0 Å². The lowest BCUT2D eigenvalue weighted by atomic mass is 10.0. The Morgan fingerprint density at radius 2 is 1.50 bits per heavy atom. The van der Waals surface area contributed by atoms with Gasteiger partial charge < -0.3 is 5.32 Å². The van der Waals surface area contributed by atoms with Crippen LogP contribution in [0.25, 0.3) is 17.2 Å². The van der Waals surface area contributed by atoms with Gasteiger partial charge in [0.2, 0.25) is 0 Å². The summed E-state index contributed by atoms with van der Waals surface area (Å²) in [5, 5.41) is 12.4. The van der Waals surface area contributed by atoms with Gasteiger partial charge in [0.05, 0.1) is 10.7 Å². The maximum atomic E-state index is 12.3. The lowest BCUT2D eigenvalue weighted by Gasteiger charge is -2.06. The average Bonchev–Trinajstić information content (AvgIpc) is 2.69. The van der Waals surface area contributed by atoms with Gasteiger partial charge >= 0.3 is 0 Å². The smallest absolute Gasteiger partial charge is 0.266 e. The van der Waals surface area contributed by atoms with Gasteiger partial charge in [-0.2, -0.15) is 5.26 Å². The van der Waals surface area contributed by atoms with Crippen LogP contribution in [0.2, 0.25) is 5.02 Å². The van der Waals surface area contributed by atoms with E-state index in [2.05, 4.69) is 5.32 Å². The number of rotatable bonds is 4. The summed E-state index contributed by atoms with van der Waals surface area (Å²) in [6, 6.07) is 26.5. The Kier molecular flexibility index (Phi) is 5.48. The summed E-state index contributed by atoms with van der Waals surface area (Å²) in [5.74, 6) is -0.493. The van der Waals surface area contributed by atoms with Crippen LogP contribution in [0, 0.1) is 11.3 Å². The number of hydrogen-bond donors (Lipinski definition) is 1. The highest BCUT2D eigenvalue weighted by molar-refractivity contribution is 6.34. The van der Waals surface area contributed by atoms with E-state index < -0.39 is 5.91 Å². The molecule has 0 spiro atoms. The Labute approximate surface area is 157 Å². The van der Waals surface area contributed by atoms with Gasteiger partial charge in [-0.15, -0.1) is 0 Å². The molecule has 0 fully saturated rings. The summed E-state index contributed by atoms with van der Waals surface area (Å²) in [6.45, 7) is 0. The standard InChI is InChI=1S/C22H15ClN2O/c23-20-8-4-5-9-21(20)25-22(26)19(15-24)14-16-10-12-18(13-11-16)17-6-2-1-3-7-17/h1-14H,(H,25,26)/b19-14+. The first-order chi connectivity index (χ1) is 12.7. The SMILES string of the molecule is N#C/C(=C\c1ccc(-c2ccccc2)cc1)C(=O)Nc1ccccc1Cl. The summed E-state index contributed by atoms with van der Waals surface area (Å²) >= 11 is 6.03. The van der Waals surface area contributed by atoms with Crippen LogP contribution < -0.4 is 5.32 Å². The number of hydrogen-bond acceptors (Lipinski definition) is 2. The number of nitrogens with zero attached hydrogens (tertiary/aromatic N) is 1. The highest BCUT2D eigenvalue weighted by Gasteiger charge is 2.11. The Bertz CT molecular complexity index is 987. The normalized spacial score (nSPS) is 10.8. The fourth-order valence-corrected chi connectivity index (χ4v) is 2.65. The van der Waals surface area contributed by atoms with Crippen molar-refractivity contribution < 1.29 is 4.79 Å². The molecule has 0 saturated heterocycles. The number of carbonyl (C=O) groups is 1. The molecule has 1 N–H and O–H groups in total. The molecular weight excluding hydrogens is 344 g/mol. The number of carbonyl (C=O) groups excluding carboxylic acids is 1. The van der Waals surface area contributed by atoms with Crippen LogP contribution in [0.1, 0.15) is 5.56 Å². The minimum atomic E-state index is -0.493. The third-order valence-corrected chi connectivity index (χ3v) is 4.15. The minimum absolute atomic E-state index is 0.0115. The summed E-state index contributed by atoms with van der Waals surface area (Å²) in [4.78, 5) is 12.3. The van der Waals surface area contributed by atoms with Crippen LogP contribution in [0.5, 0.6) is 0 Å². The molecule has 4 heteroatoms. The Balaban J connectivity index is 1.79. The van der Waals surface area contributed by atoms with Gasteiger partial charge in [-0.3, -0.25) is 4.79 Å². The topological polar surface area (TPSA) is 52.9 Å². The van der Waals surface area contributed by atoms with E-state index in [-0.39, 0.29) is 5.57 Å². The predicted molar refractivity (Wildman–Crippen MR) is 106 cm³/mol. The summed E-state index contributed by atoms with van der Waals surface area (Å²) in [6.07, 6.45) is 1.56. The van der Waals surface area contributed by atoms with Crippen molar-refractivity contribution in [3.05, 3.63) is 95.0 Å². The maximum absolute atomic E-state index is 12.3. The van der Waals surface area contributed by atoms with Gasteiger partial charge in [0.1, 0.15) is 11.6 Å². The molecule has 126 valence electrons. The number of amides is 1. The van der Waals surface area contributed by atoms with E-state index in [1.165, 1.54) is 0 Å². The maximum Gasteiger partial charge on any atom is 0.266 e. The second kappa shape index (κ2) is 8.15. The average molecular weight is 359 g/mol. The lowest BCUT2D eigenvalue weighted by molar-refractivity contribution is -0.112. The van der Waals surface area contributed by atoms with Crippen LogP contribution in [-0.4, -0.2) is 5.91 Å². The van der Waals surface area contributed by atoms with E-state index >= 15 is 0 Å². The van der Waals surface area contributed by atoms with E-state index in [1.807, 2.05) is 60.7 Å². The zero-order valence-corrected chi connectivity index (χ0v) is 14.6.